The summed E-state index contributed by atoms with van der Waals surface area (Å²) in [7, 11) is 0. The first-order valence-corrected chi connectivity index (χ1v) is 6.21. The number of nitrogens with one attached hydrogen (secondary N) is 1. The van der Waals surface area contributed by atoms with Crippen LogP contribution < -0.4 is 5.32 Å². The molecule has 2 aliphatic heterocycles. The molecule has 0 aliphatic carbocycles. The Bertz CT molecular complexity index is 400. The molecule has 0 amide bonds. The number of ether oxygens (including phenoxy) is 1. The average molecular weight is 217 g/mol. The molecule has 1 aromatic rings. The number of rotatable bonds is 1. The first-order valence-electron chi connectivity index (χ1n) is 6.21. The molecular weight excluding hydrogens is 198 g/mol. The van der Waals surface area contributed by atoms with Gasteiger partial charge < -0.3 is 10.1 Å². The smallest absolute Gasteiger partial charge is 0.0784 e. The molecule has 1 fully saturated rings. The SMILES string of the molecule is CC(C)c1cccc2c1COC1CNCC21. The normalized spacial score (nSPS) is 27.9. The molecule has 2 nitrogen and oxygen atoms in total. The molecule has 2 heterocycles. The van der Waals surface area contributed by atoms with Crippen LogP contribution in [0.1, 0.15) is 42.4 Å². The highest BCUT2D eigenvalue weighted by atomic mass is 16.5. The van der Waals surface area contributed by atoms with E-state index in [1.165, 1.54) is 16.7 Å². The first kappa shape index (κ1) is 10.3. The summed E-state index contributed by atoms with van der Waals surface area (Å²) in [6.07, 6.45) is 0.398. The van der Waals surface area contributed by atoms with Gasteiger partial charge in [0, 0.05) is 19.0 Å². The van der Waals surface area contributed by atoms with Crippen LogP contribution in [0.5, 0.6) is 0 Å². The third kappa shape index (κ3) is 1.48. The van der Waals surface area contributed by atoms with Gasteiger partial charge in [-0.25, -0.2) is 0 Å². The van der Waals surface area contributed by atoms with Crippen molar-refractivity contribution in [2.75, 3.05) is 13.1 Å². The molecule has 0 saturated carbocycles. The summed E-state index contributed by atoms with van der Waals surface area (Å²) < 4.78 is 5.96. The van der Waals surface area contributed by atoms with E-state index in [1.807, 2.05) is 0 Å². The van der Waals surface area contributed by atoms with Gasteiger partial charge in [0.25, 0.3) is 0 Å². The quantitative estimate of drug-likeness (QED) is 0.780. The number of fused-ring (bicyclic) bond motifs is 3. The van der Waals surface area contributed by atoms with Crippen LogP contribution in [0.25, 0.3) is 0 Å². The maximum atomic E-state index is 5.96. The predicted octanol–water partition coefficient (Wildman–Crippen LogP) is 2.40. The Kier molecular flexibility index (Phi) is 2.49. The van der Waals surface area contributed by atoms with E-state index in [4.69, 9.17) is 4.74 Å². The van der Waals surface area contributed by atoms with Crippen molar-refractivity contribution in [3.05, 3.63) is 34.9 Å². The van der Waals surface area contributed by atoms with Crippen molar-refractivity contribution in [2.24, 2.45) is 0 Å². The Hall–Kier alpha value is -0.860. The second-order valence-corrected chi connectivity index (χ2v) is 5.18. The van der Waals surface area contributed by atoms with Gasteiger partial charge >= 0.3 is 0 Å². The largest absolute Gasteiger partial charge is 0.372 e. The van der Waals surface area contributed by atoms with E-state index in [2.05, 4.69) is 37.4 Å². The van der Waals surface area contributed by atoms with Crippen molar-refractivity contribution in [1.29, 1.82) is 0 Å². The summed E-state index contributed by atoms with van der Waals surface area (Å²) in [5, 5.41) is 3.43. The fourth-order valence-corrected chi connectivity index (χ4v) is 3.01. The number of hydrogen-bond donors (Lipinski definition) is 1. The summed E-state index contributed by atoms with van der Waals surface area (Å²) in [5.41, 5.74) is 4.43. The third-order valence-corrected chi connectivity index (χ3v) is 3.87. The van der Waals surface area contributed by atoms with Crippen LogP contribution in [-0.4, -0.2) is 19.2 Å². The molecule has 2 heteroatoms. The highest BCUT2D eigenvalue weighted by molar-refractivity contribution is 5.41. The Morgan fingerprint density at radius 2 is 2.19 bits per heavy atom. The van der Waals surface area contributed by atoms with Crippen molar-refractivity contribution in [3.8, 4) is 0 Å². The Morgan fingerprint density at radius 3 is 3.00 bits per heavy atom. The third-order valence-electron chi connectivity index (χ3n) is 3.87. The first-order chi connectivity index (χ1) is 7.77. The van der Waals surface area contributed by atoms with Gasteiger partial charge in [0.1, 0.15) is 0 Å². The maximum Gasteiger partial charge on any atom is 0.0784 e. The molecule has 16 heavy (non-hydrogen) atoms. The van der Waals surface area contributed by atoms with E-state index in [9.17, 15) is 0 Å². The van der Waals surface area contributed by atoms with E-state index in [1.54, 1.807) is 0 Å². The summed E-state index contributed by atoms with van der Waals surface area (Å²) >= 11 is 0. The van der Waals surface area contributed by atoms with Crippen LogP contribution in [0.3, 0.4) is 0 Å². The van der Waals surface area contributed by atoms with E-state index in [0.29, 0.717) is 17.9 Å². The van der Waals surface area contributed by atoms with Gasteiger partial charge in [0.05, 0.1) is 12.7 Å². The van der Waals surface area contributed by atoms with Gasteiger partial charge in [0.2, 0.25) is 0 Å². The van der Waals surface area contributed by atoms with Crippen LogP contribution in [0.4, 0.5) is 0 Å². The lowest BCUT2D eigenvalue weighted by Gasteiger charge is -2.30. The van der Waals surface area contributed by atoms with Crippen LogP contribution in [0.2, 0.25) is 0 Å². The van der Waals surface area contributed by atoms with Crippen molar-refractivity contribution in [3.63, 3.8) is 0 Å². The van der Waals surface area contributed by atoms with Gasteiger partial charge in [-0.15, -0.1) is 0 Å². The second-order valence-electron chi connectivity index (χ2n) is 5.18. The molecule has 1 aromatic carbocycles. The highest BCUT2D eigenvalue weighted by Crippen LogP contribution is 2.36. The van der Waals surface area contributed by atoms with Crippen LogP contribution in [0, 0.1) is 0 Å². The summed E-state index contributed by atoms with van der Waals surface area (Å²) in [6.45, 7) is 7.39. The minimum Gasteiger partial charge on any atom is -0.372 e. The topological polar surface area (TPSA) is 21.3 Å². The monoisotopic (exact) mass is 217 g/mol. The zero-order valence-electron chi connectivity index (χ0n) is 9.99. The Morgan fingerprint density at radius 1 is 1.31 bits per heavy atom. The molecular formula is C14H19NO. The molecule has 1 N–H and O–H groups in total. The van der Waals surface area contributed by atoms with Gasteiger partial charge in [0.15, 0.2) is 0 Å². The van der Waals surface area contributed by atoms with Gasteiger partial charge in [-0.05, 0) is 22.6 Å². The molecule has 2 unspecified atom stereocenters. The predicted molar refractivity (Wildman–Crippen MR) is 64.7 cm³/mol. The van der Waals surface area contributed by atoms with Gasteiger partial charge in [-0.3, -0.25) is 0 Å². The molecule has 0 aromatic heterocycles. The minimum atomic E-state index is 0.398. The van der Waals surface area contributed by atoms with Crippen molar-refractivity contribution < 1.29 is 4.74 Å². The molecule has 0 bridgehead atoms. The summed E-state index contributed by atoms with van der Waals surface area (Å²) in [5.74, 6) is 1.16. The zero-order chi connectivity index (χ0) is 11.1. The van der Waals surface area contributed by atoms with E-state index >= 15 is 0 Å². The molecule has 0 radical (unpaired) electrons. The van der Waals surface area contributed by atoms with Crippen LogP contribution in [0.15, 0.2) is 18.2 Å². The van der Waals surface area contributed by atoms with Crippen molar-refractivity contribution in [1.82, 2.24) is 5.32 Å². The van der Waals surface area contributed by atoms with Crippen LogP contribution in [-0.2, 0) is 11.3 Å². The van der Waals surface area contributed by atoms with Crippen molar-refractivity contribution in [2.45, 2.75) is 38.4 Å². The van der Waals surface area contributed by atoms with Gasteiger partial charge in [-0.1, -0.05) is 32.0 Å². The lowest BCUT2D eigenvalue weighted by Crippen LogP contribution is -2.27. The fraction of sp³-hybridized carbons (Fsp3) is 0.571. The molecule has 86 valence electrons. The number of hydrogen-bond acceptors (Lipinski definition) is 2. The van der Waals surface area contributed by atoms with E-state index in [-0.39, 0.29) is 0 Å². The van der Waals surface area contributed by atoms with Crippen molar-refractivity contribution >= 4 is 0 Å². The molecule has 2 aliphatic rings. The molecule has 0 spiro atoms. The maximum absolute atomic E-state index is 5.96. The Balaban J connectivity index is 2.07. The molecule has 2 atom stereocenters. The summed E-state index contributed by atoms with van der Waals surface area (Å²) in [6, 6.07) is 6.73. The lowest BCUT2D eigenvalue weighted by atomic mass is 9.84. The van der Waals surface area contributed by atoms with Gasteiger partial charge in [-0.2, -0.15) is 0 Å². The molecule has 1 saturated heterocycles. The molecule has 3 rings (SSSR count). The summed E-state index contributed by atoms with van der Waals surface area (Å²) in [4.78, 5) is 0. The second kappa shape index (κ2) is 3.86. The van der Waals surface area contributed by atoms with Crippen LogP contribution >= 0.6 is 0 Å². The zero-order valence-corrected chi connectivity index (χ0v) is 9.99. The average Bonchev–Trinajstić information content (AvgIpc) is 2.76. The lowest BCUT2D eigenvalue weighted by molar-refractivity contribution is 0.0293. The Labute approximate surface area is 97.0 Å². The number of benzene rings is 1. The fourth-order valence-electron chi connectivity index (χ4n) is 3.01. The highest BCUT2D eigenvalue weighted by Gasteiger charge is 2.35. The van der Waals surface area contributed by atoms with E-state index < -0.39 is 0 Å². The minimum absolute atomic E-state index is 0.398. The standard InChI is InChI=1S/C14H19NO/c1-9(2)10-4-3-5-11-12-6-15-7-14(12)16-8-13(10)11/h3-5,9,12,14-15H,6-8H2,1-2H3. The van der Waals surface area contributed by atoms with E-state index in [0.717, 1.165) is 19.7 Å².